The molecule has 0 radical (unpaired) electrons. The van der Waals surface area contributed by atoms with Gasteiger partial charge in [-0.3, -0.25) is 14.9 Å². The Morgan fingerprint density at radius 1 is 1.05 bits per heavy atom. The SMILES string of the molecule is COc1cc2c(cc1OCc1csc(C)n1)NC1=C(CCC(c3ccc([N+](=O)[O-])c(OC)c3)=C1)C(=O)N2. The Morgan fingerprint density at radius 3 is 2.51 bits per heavy atom. The summed E-state index contributed by atoms with van der Waals surface area (Å²) in [6.45, 7) is 2.22. The number of benzene rings is 2. The number of hydrogen-bond donors (Lipinski definition) is 2. The molecule has 2 heterocycles. The molecule has 1 aliphatic carbocycles. The minimum Gasteiger partial charge on any atom is -0.493 e. The Bertz CT molecular complexity index is 1480. The molecule has 190 valence electrons. The molecule has 0 saturated heterocycles. The third-order valence-electron chi connectivity index (χ3n) is 6.17. The number of anilines is 2. The van der Waals surface area contributed by atoms with Crippen LogP contribution in [0.2, 0.25) is 0 Å². The van der Waals surface area contributed by atoms with Crippen LogP contribution in [-0.2, 0) is 11.4 Å². The number of nitro benzene ring substituents is 1. The summed E-state index contributed by atoms with van der Waals surface area (Å²) in [6.07, 6.45) is 2.99. The predicted octanol–water partition coefficient (Wildman–Crippen LogP) is 5.45. The van der Waals surface area contributed by atoms with Gasteiger partial charge in [-0.05, 0) is 49.1 Å². The summed E-state index contributed by atoms with van der Waals surface area (Å²) in [5.41, 5.74) is 4.94. The van der Waals surface area contributed by atoms with Crippen molar-refractivity contribution in [2.75, 3.05) is 24.9 Å². The molecule has 0 unspecified atom stereocenters. The van der Waals surface area contributed by atoms with Crippen molar-refractivity contribution in [2.24, 2.45) is 0 Å². The van der Waals surface area contributed by atoms with Gasteiger partial charge in [-0.15, -0.1) is 11.3 Å². The molecule has 0 saturated carbocycles. The maximum atomic E-state index is 13.1. The number of carbonyl (C=O) groups is 1. The van der Waals surface area contributed by atoms with Crippen molar-refractivity contribution in [2.45, 2.75) is 26.4 Å². The second-order valence-corrected chi connectivity index (χ2v) is 9.54. The Kier molecular flexibility index (Phi) is 6.53. The van der Waals surface area contributed by atoms with Gasteiger partial charge in [0.05, 0.1) is 41.2 Å². The highest BCUT2D eigenvalue weighted by atomic mass is 32.1. The number of nitrogens with one attached hydrogen (secondary N) is 2. The highest BCUT2D eigenvalue weighted by Gasteiger charge is 2.27. The average Bonchev–Trinajstić information content (AvgIpc) is 3.26. The maximum absolute atomic E-state index is 13.1. The number of aromatic nitrogens is 1. The smallest absolute Gasteiger partial charge is 0.310 e. The molecule has 2 N–H and O–H groups in total. The van der Waals surface area contributed by atoms with Crippen molar-refractivity contribution in [3.05, 3.63) is 79.4 Å². The standard InChI is InChI=1S/C26H24N4O6S/c1-14-27-17(13-37-14)12-36-25-11-20-21(10-24(25)35-3)29-26(31)18-6-4-15(8-19(18)28-20)16-5-7-22(30(32)33)23(9-16)34-2/h5,7-11,13,28H,4,6,12H2,1-3H3,(H,29,31). The number of fused-ring (bicyclic) bond motifs is 1. The molecule has 0 spiro atoms. The van der Waals surface area contributed by atoms with E-state index in [0.717, 1.165) is 21.8 Å². The highest BCUT2D eigenvalue weighted by molar-refractivity contribution is 7.09. The van der Waals surface area contributed by atoms with Gasteiger partial charge in [-0.1, -0.05) is 0 Å². The van der Waals surface area contributed by atoms with Gasteiger partial charge in [0.25, 0.3) is 5.91 Å². The van der Waals surface area contributed by atoms with Crippen LogP contribution in [0.15, 0.2) is 53.1 Å². The van der Waals surface area contributed by atoms with Gasteiger partial charge in [0.1, 0.15) is 6.61 Å². The van der Waals surface area contributed by atoms with Crippen LogP contribution in [0.4, 0.5) is 17.1 Å². The Labute approximate surface area is 216 Å². The topological polar surface area (TPSA) is 125 Å². The molecular weight excluding hydrogens is 496 g/mol. The Balaban J connectivity index is 1.47. The monoisotopic (exact) mass is 520 g/mol. The summed E-state index contributed by atoms with van der Waals surface area (Å²) in [5.74, 6) is 0.982. The van der Waals surface area contributed by atoms with Gasteiger partial charge in [0.2, 0.25) is 0 Å². The molecule has 1 aromatic heterocycles. The van der Waals surface area contributed by atoms with Gasteiger partial charge in [0, 0.05) is 34.8 Å². The summed E-state index contributed by atoms with van der Waals surface area (Å²) < 4.78 is 16.8. The van der Waals surface area contributed by atoms with Crippen molar-refractivity contribution in [1.29, 1.82) is 0 Å². The van der Waals surface area contributed by atoms with Crippen LogP contribution >= 0.6 is 11.3 Å². The lowest BCUT2D eigenvalue weighted by Gasteiger charge is -2.19. The van der Waals surface area contributed by atoms with E-state index in [1.54, 1.807) is 42.7 Å². The van der Waals surface area contributed by atoms with E-state index >= 15 is 0 Å². The fourth-order valence-electron chi connectivity index (χ4n) is 4.34. The van der Waals surface area contributed by atoms with Crippen molar-refractivity contribution >= 4 is 39.9 Å². The third kappa shape index (κ3) is 4.85. The minimum absolute atomic E-state index is 0.0993. The first kappa shape index (κ1) is 24.3. The zero-order valence-electron chi connectivity index (χ0n) is 20.4. The number of rotatable bonds is 7. The molecule has 37 heavy (non-hydrogen) atoms. The zero-order chi connectivity index (χ0) is 26.1. The van der Waals surface area contributed by atoms with Crippen LogP contribution in [0.25, 0.3) is 5.57 Å². The van der Waals surface area contributed by atoms with E-state index in [-0.39, 0.29) is 24.0 Å². The molecule has 0 bridgehead atoms. The van der Waals surface area contributed by atoms with Crippen LogP contribution in [0, 0.1) is 17.0 Å². The highest BCUT2D eigenvalue weighted by Crippen LogP contribution is 2.42. The second kappa shape index (κ2) is 9.94. The summed E-state index contributed by atoms with van der Waals surface area (Å²) in [7, 11) is 2.95. The van der Waals surface area contributed by atoms with E-state index in [1.165, 1.54) is 13.2 Å². The summed E-state index contributed by atoms with van der Waals surface area (Å²) in [6, 6.07) is 8.30. The fourth-order valence-corrected chi connectivity index (χ4v) is 4.94. The molecule has 3 aromatic rings. The first-order valence-corrected chi connectivity index (χ1v) is 12.3. The number of methoxy groups -OCH3 is 2. The van der Waals surface area contributed by atoms with E-state index in [1.807, 2.05) is 18.4 Å². The third-order valence-corrected chi connectivity index (χ3v) is 7.00. The quantitative estimate of drug-likeness (QED) is 0.311. The molecule has 11 heteroatoms. The summed E-state index contributed by atoms with van der Waals surface area (Å²) in [5, 5.41) is 20.5. The number of nitro groups is 1. The molecule has 1 amide bonds. The van der Waals surface area contributed by atoms with E-state index in [0.29, 0.717) is 47.0 Å². The number of hydrogen-bond acceptors (Lipinski definition) is 9. The maximum Gasteiger partial charge on any atom is 0.310 e. The number of allylic oxidation sites excluding steroid dienone is 2. The van der Waals surface area contributed by atoms with E-state index in [2.05, 4.69) is 15.6 Å². The molecular formula is C26H24N4O6S. The Hall–Kier alpha value is -4.38. The van der Waals surface area contributed by atoms with E-state index in [4.69, 9.17) is 14.2 Å². The number of ether oxygens (including phenoxy) is 3. The lowest BCUT2D eigenvalue weighted by atomic mass is 9.90. The van der Waals surface area contributed by atoms with Crippen LogP contribution in [-0.4, -0.2) is 30.0 Å². The molecule has 1 aliphatic heterocycles. The van der Waals surface area contributed by atoms with Crippen molar-refractivity contribution in [3.63, 3.8) is 0 Å². The van der Waals surface area contributed by atoms with Crippen LogP contribution < -0.4 is 24.8 Å². The zero-order valence-corrected chi connectivity index (χ0v) is 21.2. The number of carbonyl (C=O) groups excluding carboxylic acids is 1. The van der Waals surface area contributed by atoms with E-state index < -0.39 is 4.92 Å². The molecule has 10 nitrogen and oxygen atoms in total. The molecule has 5 rings (SSSR count). The van der Waals surface area contributed by atoms with Crippen LogP contribution in [0.3, 0.4) is 0 Å². The summed E-state index contributed by atoms with van der Waals surface area (Å²) >= 11 is 1.55. The normalized spacial score (nSPS) is 14.5. The lowest BCUT2D eigenvalue weighted by molar-refractivity contribution is -0.385. The molecule has 2 aliphatic rings. The average molecular weight is 521 g/mol. The van der Waals surface area contributed by atoms with Gasteiger partial charge in [-0.2, -0.15) is 0 Å². The van der Waals surface area contributed by atoms with Crippen molar-refractivity contribution < 1.29 is 23.9 Å². The minimum atomic E-state index is -0.476. The largest absolute Gasteiger partial charge is 0.493 e. The lowest BCUT2D eigenvalue weighted by Crippen LogP contribution is -2.16. The first-order valence-electron chi connectivity index (χ1n) is 11.5. The van der Waals surface area contributed by atoms with Gasteiger partial charge >= 0.3 is 5.69 Å². The number of amides is 1. The Morgan fingerprint density at radius 2 is 1.81 bits per heavy atom. The van der Waals surface area contributed by atoms with E-state index in [9.17, 15) is 14.9 Å². The fraction of sp³-hybridized carbons (Fsp3) is 0.231. The van der Waals surface area contributed by atoms with Crippen LogP contribution in [0.5, 0.6) is 17.2 Å². The summed E-state index contributed by atoms with van der Waals surface area (Å²) in [4.78, 5) is 28.3. The number of thiazole rings is 1. The molecule has 2 aromatic carbocycles. The number of aryl methyl sites for hydroxylation is 1. The van der Waals surface area contributed by atoms with Crippen molar-refractivity contribution in [1.82, 2.24) is 4.98 Å². The number of nitrogens with zero attached hydrogens (tertiary/aromatic N) is 2. The first-order chi connectivity index (χ1) is 17.9. The van der Waals surface area contributed by atoms with Crippen molar-refractivity contribution in [3.8, 4) is 17.2 Å². The van der Waals surface area contributed by atoms with Gasteiger partial charge < -0.3 is 24.8 Å². The van der Waals surface area contributed by atoms with Crippen LogP contribution in [0.1, 0.15) is 29.1 Å². The van der Waals surface area contributed by atoms with Gasteiger partial charge in [0.15, 0.2) is 17.2 Å². The predicted molar refractivity (Wildman–Crippen MR) is 140 cm³/mol. The second-order valence-electron chi connectivity index (χ2n) is 8.48. The molecule has 0 atom stereocenters. The molecule has 0 fully saturated rings. The van der Waals surface area contributed by atoms with Gasteiger partial charge in [-0.25, -0.2) is 4.98 Å².